The van der Waals surface area contributed by atoms with Gasteiger partial charge in [0, 0.05) is 13.1 Å². The molecular weight excluding hydrogens is 138 g/mol. The predicted molar refractivity (Wildman–Crippen MR) is 46.7 cm³/mol. The Labute approximate surface area is 69.3 Å². The fourth-order valence-corrected chi connectivity index (χ4v) is 0.970. The van der Waals surface area contributed by atoms with E-state index in [1.807, 2.05) is 0 Å². The van der Waals surface area contributed by atoms with Crippen LogP contribution < -0.4 is 5.32 Å². The molecule has 0 aliphatic carbocycles. The van der Waals surface area contributed by atoms with Crippen molar-refractivity contribution >= 4 is 0 Å². The maximum atomic E-state index is 5.77. The Kier molecular flexibility index (Phi) is 2.26. The van der Waals surface area contributed by atoms with Gasteiger partial charge in [0.25, 0.3) is 0 Å². The molecule has 0 aromatic carbocycles. The number of ether oxygens (including phenoxy) is 1. The van der Waals surface area contributed by atoms with E-state index in [9.17, 15) is 0 Å². The molecule has 1 rings (SSSR count). The zero-order valence-electron chi connectivity index (χ0n) is 8.03. The highest BCUT2D eigenvalue weighted by Crippen LogP contribution is 2.21. The summed E-state index contributed by atoms with van der Waals surface area (Å²) in [7, 11) is 0. The molecule has 2 heteroatoms. The molecule has 0 amide bonds. The topological polar surface area (TPSA) is 21.3 Å². The lowest BCUT2D eigenvalue weighted by atomic mass is 9.96. The maximum absolute atomic E-state index is 5.77. The predicted octanol–water partition coefficient (Wildman–Crippen LogP) is 1.41. The summed E-state index contributed by atoms with van der Waals surface area (Å²) in [6.07, 6.45) is 0. The van der Waals surface area contributed by atoms with Gasteiger partial charge in [0.1, 0.15) is 0 Å². The zero-order chi connectivity index (χ0) is 8.54. The molecule has 0 aromatic heterocycles. The minimum atomic E-state index is 0.118. The minimum absolute atomic E-state index is 0.118. The largest absolute Gasteiger partial charge is 0.372 e. The Hall–Kier alpha value is -0.0800. The Morgan fingerprint density at radius 1 is 1.36 bits per heavy atom. The third-order valence-corrected chi connectivity index (χ3v) is 1.85. The summed E-state index contributed by atoms with van der Waals surface area (Å²) in [4.78, 5) is 0. The van der Waals surface area contributed by atoms with Crippen molar-refractivity contribution in [2.24, 2.45) is 5.41 Å². The molecule has 1 aliphatic heterocycles. The molecule has 1 N–H and O–H groups in total. The molecule has 1 saturated heterocycles. The second-order valence-electron chi connectivity index (χ2n) is 4.90. The number of hydrogen-bond donors (Lipinski definition) is 1. The first-order valence-electron chi connectivity index (χ1n) is 4.26. The Morgan fingerprint density at radius 3 is 2.18 bits per heavy atom. The van der Waals surface area contributed by atoms with Gasteiger partial charge in [-0.2, -0.15) is 0 Å². The van der Waals surface area contributed by atoms with E-state index in [-0.39, 0.29) is 5.60 Å². The van der Waals surface area contributed by atoms with Gasteiger partial charge in [-0.25, -0.2) is 0 Å². The summed E-state index contributed by atoms with van der Waals surface area (Å²) in [5.41, 5.74) is 0.409. The molecule has 0 bridgehead atoms. The van der Waals surface area contributed by atoms with Crippen LogP contribution in [0.2, 0.25) is 0 Å². The average Bonchev–Trinajstić information content (AvgIpc) is 1.77. The first-order chi connectivity index (χ1) is 4.91. The van der Waals surface area contributed by atoms with E-state index in [1.165, 1.54) is 0 Å². The molecule has 0 aromatic rings. The highest BCUT2D eigenvalue weighted by atomic mass is 16.5. The van der Waals surface area contributed by atoms with Gasteiger partial charge in [0.15, 0.2) is 0 Å². The summed E-state index contributed by atoms with van der Waals surface area (Å²) >= 11 is 0. The smallest absolute Gasteiger partial charge is 0.0902 e. The van der Waals surface area contributed by atoms with Gasteiger partial charge in [0.2, 0.25) is 0 Å². The lowest BCUT2D eigenvalue weighted by molar-refractivity contribution is -0.0913. The van der Waals surface area contributed by atoms with Crippen LogP contribution in [0, 0.1) is 5.41 Å². The third-order valence-electron chi connectivity index (χ3n) is 1.85. The van der Waals surface area contributed by atoms with E-state index in [2.05, 4.69) is 33.0 Å². The molecule has 0 atom stereocenters. The van der Waals surface area contributed by atoms with Crippen molar-refractivity contribution in [3.05, 3.63) is 0 Å². The zero-order valence-corrected chi connectivity index (χ0v) is 8.03. The van der Waals surface area contributed by atoms with E-state index in [4.69, 9.17) is 4.74 Å². The molecule has 0 spiro atoms. The van der Waals surface area contributed by atoms with Crippen molar-refractivity contribution < 1.29 is 4.74 Å². The second kappa shape index (κ2) is 2.76. The van der Waals surface area contributed by atoms with Gasteiger partial charge in [0.05, 0.1) is 12.2 Å². The van der Waals surface area contributed by atoms with Crippen LogP contribution >= 0.6 is 0 Å². The van der Waals surface area contributed by atoms with E-state index in [0.717, 1.165) is 19.7 Å². The molecule has 2 nitrogen and oxygen atoms in total. The van der Waals surface area contributed by atoms with Crippen molar-refractivity contribution in [3.63, 3.8) is 0 Å². The molecule has 66 valence electrons. The van der Waals surface area contributed by atoms with Gasteiger partial charge in [-0.05, 0) is 12.3 Å². The van der Waals surface area contributed by atoms with Crippen molar-refractivity contribution in [2.45, 2.75) is 33.3 Å². The van der Waals surface area contributed by atoms with Crippen LogP contribution in [0.3, 0.4) is 0 Å². The fourth-order valence-electron chi connectivity index (χ4n) is 0.970. The molecule has 11 heavy (non-hydrogen) atoms. The molecule has 1 fully saturated rings. The molecular formula is C9H19NO. The summed E-state index contributed by atoms with van der Waals surface area (Å²) in [5.74, 6) is 0. The summed E-state index contributed by atoms with van der Waals surface area (Å²) in [5, 5.41) is 3.21. The van der Waals surface area contributed by atoms with Crippen LogP contribution in [-0.2, 0) is 4.74 Å². The van der Waals surface area contributed by atoms with E-state index < -0.39 is 0 Å². The summed E-state index contributed by atoms with van der Waals surface area (Å²) < 4.78 is 5.77. The van der Waals surface area contributed by atoms with E-state index in [0.29, 0.717) is 5.41 Å². The number of rotatable bonds is 2. The summed E-state index contributed by atoms with van der Waals surface area (Å²) in [6.45, 7) is 11.6. The standard InChI is InChI=1S/C9H19NO/c1-8(2,3)7-11-9(4)5-10-6-9/h10H,5-7H2,1-4H3. The van der Waals surface area contributed by atoms with E-state index >= 15 is 0 Å². The van der Waals surface area contributed by atoms with Crippen LogP contribution in [-0.4, -0.2) is 25.3 Å². The van der Waals surface area contributed by atoms with Crippen molar-refractivity contribution in [1.29, 1.82) is 0 Å². The van der Waals surface area contributed by atoms with Crippen LogP contribution in [0.5, 0.6) is 0 Å². The molecule has 0 radical (unpaired) electrons. The average molecular weight is 157 g/mol. The second-order valence-corrected chi connectivity index (χ2v) is 4.90. The lowest BCUT2D eigenvalue weighted by Crippen LogP contribution is -2.59. The molecule has 1 aliphatic rings. The van der Waals surface area contributed by atoms with Crippen molar-refractivity contribution in [3.8, 4) is 0 Å². The van der Waals surface area contributed by atoms with Crippen LogP contribution in [0.4, 0.5) is 0 Å². The Bertz CT molecular complexity index is 133. The molecule has 0 unspecified atom stereocenters. The van der Waals surface area contributed by atoms with Crippen LogP contribution in [0.1, 0.15) is 27.7 Å². The fraction of sp³-hybridized carbons (Fsp3) is 1.00. The first-order valence-corrected chi connectivity index (χ1v) is 4.26. The van der Waals surface area contributed by atoms with Crippen molar-refractivity contribution in [2.75, 3.05) is 19.7 Å². The quantitative estimate of drug-likeness (QED) is 0.654. The van der Waals surface area contributed by atoms with Gasteiger partial charge < -0.3 is 10.1 Å². The Balaban J connectivity index is 2.21. The van der Waals surface area contributed by atoms with Gasteiger partial charge in [-0.1, -0.05) is 20.8 Å². The van der Waals surface area contributed by atoms with Gasteiger partial charge >= 0.3 is 0 Å². The molecule has 1 heterocycles. The minimum Gasteiger partial charge on any atom is -0.372 e. The maximum Gasteiger partial charge on any atom is 0.0902 e. The number of nitrogens with one attached hydrogen (secondary N) is 1. The van der Waals surface area contributed by atoms with Gasteiger partial charge in [-0.15, -0.1) is 0 Å². The van der Waals surface area contributed by atoms with E-state index in [1.54, 1.807) is 0 Å². The normalized spacial score (nSPS) is 22.9. The number of hydrogen-bond acceptors (Lipinski definition) is 2. The highest BCUT2D eigenvalue weighted by Gasteiger charge is 2.33. The van der Waals surface area contributed by atoms with Crippen LogP contribution in [0.15, 0.2) is 0 Å². The monoisotopic (exact) mass is 157 g/mol. The van der Waals surface area contributed by atoms with Gasteiger partial charge in [-0.3, -0.25) is 0 Å². The SMILES string of the molecule is CC(C)(C)COC1(C)CNC1. The third kappa shape index (κ3) is 2.80. The highest BCUT2D eigenvalue weighted by molar-refractivity contribution is 4.90. The van der Waals surface area contributed by atoms with Crippen LogP contribution in [0.25, 0.3) is 0 Å². The molecule has 0 saturated carbocycles. The first kappa shape index (κ1) is 9.01. The van der Waals surface area contributed by atoms with Crippen molar-refractivity contribution in [1.82, 2.24) is 5.32 Å². The summed E-state index contributed by atoms with van der Waals surface area (Å²) in [6, 6.07) is 0. The Morgan fingerprint density at radius 2 is 1.91 bits per heavy atom. The lowest BCUT2D eigenvalue weighted by Gasteiger charge is -2.40.